The van der Waals surface area contributed by atoms with Gasteiger partial charge >= 0.3 is 0 Å². The van der Waals surface area contributed by atoms with Gasteiger partial charge in [-0.15, -0.1) is 0 Å². The van der Waals surface area contributed by atoms with E-state index in [0.29, 0.717) is 6.07 Å². The fourth-order valence-corrected chi connectivity index (χ4v) is 5.51. The Morgan fingerprint density at radius 3 is 1.52 bits per heavy atom. The molecule has 3 aromatic rings. The standard InChI is InChI=1S/C16H8O10S3/c17-11-5-12(27(18,19)20)8-3-4-10-14(29(24,25)26)6-13(28(21,22)23)9-2-1-7(11)15(8)16(9)10/h3-6,17H,(H,18,19,20)(H,21,22,23)(H,24,25,26). The summed E-state index contributed by atoms with van der Waals surface area (Å²) >= 11 is 0. The fraction of sp³-hybridized carbons (Fsp3) is 0. The molecule has 0 aliphatic heterocycles. The lowest BCUT2D eigenvalue weighted by Gasteiger charge is -2.14. The maximum absolute atomic E-state index is 11.8. The van der Waals surface area contributed by atoms with Crippen LogP contribution in [0, 0.1) is 0 Å². The van der Waals surface area contributed by atoms with Crippen LogP contribution in [-0.2, 0) is 30.4 Å². The normalized spacial score (nSPS) is 13.6. The molecule has 0 amide bonds. The average Bonchev–Trinajstić information content (AvgIpc) is 2.57. The van der Waals surface area contributed by atoms with E-state index in [1.165, 1.54) is 0 Å². The summed E-state index contributed by atoms with van der Waals surface area (Å²) in [6.45, 7) is 0. The van der Waals surface area contributed by atoms with E-state index < -0.39 is 50.8 Å². The molecule has 4 rings (SSSR count). The zero-order valence-corrected chi connectivity index (χ0v) is 16.2. The summed E-state index contributed by atoms with van der Waals surface area (Å²) in [5.74, 6) is -0.665. The van der Waals surface area contributed by atoms with Crippen molar-refractivity contribution in [1.82, 2.24) is 0 Å². The molecule has 0 heterocycles. The van der Waals surface area contributed by atoms with Gasteiger partial charge in [0, 0.05) is 27.6 Å². The highest BCUT2D eigenvalue weighted by molar-refractivity contribution is 7.87. The van der Waals surface area contributed by atoms with E-state index in [0.717, 1.165) is 18.2 Å². The lowest BCUT2D eigenvalue weighted by Crippen LogP contribution is -2.21. The highest BCUT2D eigenvalue weighted by Gasteiger charge is 2.27. The lowest BCUT2D eigenvalue weighted by molar-refractivity contribution is 0.465. The number of hydrogen-bond donors (Lipinski definition) is 4. The van der Waals surface area contributed by atoms with Crippen molar-refractivity contribution in [2.45, 2.75) is 14.7 Å². The number of phenols is 1. The van der Waals surface area contributed by atoms with Crippen molar-refractivity contribution >= 4 is 63.4 Å². The van der Waals surface area contributed by atoms with Gasteiger partial charge in [-0.2, -0.15) is 25.3 Å². The molecule has 10 nitrogen and oxygen atoms in total. The monoisotopic (exact) mass is 456 g/mol. The maximum Gasteiger partial charge on any atom is 0.295 e. The van der Waals surface area contributed by atoms with Gasteiger partial charge in [-0.25, -0.2) is 0 Å². The number of aromatic hydroxyl groups is 1. The van der Waals surface area contributed by atoms with Crippen LogP contribution in [0.25, 0.3) is 33.0 Å². The molecule has 0 spiro atoms. The molecule has 0 bridgehead atoms. The van der Waals surface area contributed by atoms with Gasteiger partial charge in [0.05, 0.1) is 10.4 Å². The van der Waals surface area contributed by atoms with E-state index in [-0.39, 0.29) is 32.0 Å². The lowest BCUT2D eigenvalue weighted by atomic mass is 9.96. The molecule has 3 aromatic carbocycles. The Labute approximate surface area is 162 Å². The van der Waals surface area contributed by atoms with Crippen molar-refractivity contribution in [3.63, 3.8) is 0 Å². The Kier molecular flexibility index (Phi) is 3.82. The van der Waals surface area contributed by atoms with Crippen molar-refractivity contribution < 1.29 is 44.0 Å². The summed E-state index contributed by atoms with van der Waals surface area (Å²) < 4.78 is 99.3. The molecule has 1 aliphatic rings. The quantitative estimate of drug-likeness (QED) is 0.237. The Hall–Kier alpha value is -2.73. The van der Waals surface area contributed by atoms with E-state index in [9.17, 15) is 44.0 Å². The molecule has 1 aliphatic carbocycles. The number of phenolic OH excluding ortho intramolecular Hbond substituents is 1. The number of hydrogen-bond acceptors (Lipinski definition) is 7. The van der Waals surface area contributed by atoms with Gasteiger partial charge in [0.15, 0.2) is 0 Å². The zero-order chi connectivity index (χ0) is 21.5. The van der Waals surface area contributed by atoms with Gasteiger partial charge in [-0.3, -0.25) is 13.7 Å². The molecule has 4 N–H and O–H groups in total. The van der Waals surface area contributed by atoms with Crippen LogP contribution in [0.3, 0.4) is 0 Å². The maximum atomic E-state index is 11.8. The first-order valence-electron chi connectivity index (χ1n) is 7.45. The predicted molar refractivity (Wildman–Crippen MR) is 98.6 cm³/mol. The topological polar surface area (TPSA) is 183 Å². The van der Waals surface area contributed by atoms with Gasteiger partial charge in [-0.05, 0) is 6.07 Å². The van der Waals surface area contributed by atoms with Crippen LogP contribution in [0.1, 0.15) is 0 Å². The third-order valence-electron chi connectivity index (χ3n) is 4.42. The molecule has 150 valence electrons. The van der Waals surface area contributed by atoms with Crippen LogP contribution in [0.2, 0.25) is 0 Å². The van der Waals surface area contributed by atoms with Gasteiger partial charge in [0.25, 0.3) is 30.4 Å². The summed E-state index contributed by atoms with van der Waals surface area (Å²) in [6.07, 6.45) is 0. The van der Waals surface area contributed by atoms with Crippen LogP contribution in [-0.4, -0.2) is 44.0 Å². The molecule has 13 heteroatoms. The highest BCUT2D eigenvalue weighted by Crippen LogP contribution is 2.33. The SMILES string of the molecule is O=S(=O)(O)c1cc(S(=O)(=O)O)c2ccc3c(S(=O)(=O)O)cc(O)c4c3c2c1=C=C=4. The zero-order valence-electron chi connectivity index (χ0n) is 13.8. The second-order valence-electron chi connectivity index (χ2n) is 6.10. The number of benzene rings is 3. The van der Waals surface area contributed by atoms with E-state index in [1.807, 2.05) is 0 Å². The van der Waals surface area contributed by atoms with Gasteiger partial charge < -0.3 is 5.11 Å². The molecule has 29 heavy (non-hydrogen) atoms. The summed E-state index contributed by atoms with van der Waals surface area (Å²) in [4.78, 5) is -2.53. The average molecular weight is 456 g/mol. The molecular weight excluding hydrogens is 448 g/mol. The fourth-order valence-electron chi connectivity index (χ4n) is 3.33. The minimum Gasteiger partial charge on any atom is -0.507 e. The summed E-state index contributed by atoms with van der Waals surface area (Å²) in [7, 11) is -14.9. The molecule has 0 unspecified atom stereocenters. The van der Waals surface area contributed by atoms with Crippen molar-refractivity contribution in [3.8, 4) is 5.75 Å². The molecule has 0 saturated heterocycles. The summed E-state index contributed by atoms with van der Waals surface area (Å²) in [5, 5.41) is 8.85. The van der Waals surface area contributed by atoms with Gasteiger partial charge in [0.2, 0.25) is 0 Å². The predicted octanol–water partition coefficient (Wildman–Crippen LogP) is -0.233. The third kappa shape index (κ3) is 2.85. The smallest absolute Gasteiger partial charge is 0.295 e. The van der Waals surface area contributed by atoms with Crippen LogP contribution < -0.4 is 10.4 Å². The van der Waals surface area contributed by atoms with Crippen LogP contribution in [0.5, 0.6) is 5.75 Å². The van der Waals surface area contributed by atoms with Crippen LogP contribution >= 0.6 is 0 Å². The van der Waals surface area contributed by atoms with Crippen LogP contribution in [0.15, 0.2) is 39.0 Å². The Balaban J connectivity index is 2.53. The Morgan fingerprint density at radius 2 is 1.03 bits per heavy atom. The van der Waals surface area contributed by atoms with E-state index in [1.54, 1.807) is 0 Å². The summed E-state index contributed by atoms with van der Waals surface area (Å²) in [6, 6.07) is 3.47. The van der Waals surface area contributed by atoms with Crippen molar-refractivity contribution in [2.24, 2.45) is 0 Å². The Bertz CT molecular complexity index is 1790. The largest absolute Gasteiger partial charge is 0.507 e. The van der Waals surface area contributed by atoms with E-state index >= 15 is 0 Å². The molecule has 0 aromatic heterocycles. The van der Waals surface area contributed by atoms with Gasteiger partial charge in [-0.1, -0.05) is 23.6 Å². The van der Waals surface area contributed by atoms with Crippen molar-refractivity contribution in [1.29, 1.82) is 0 Å². The summed E-state index contributed by atoms with van der Waals surface area (Å²) in [5.41, 5.74) is 4.84. The van der Waals surface area contributed by atoms with E-state index in [4.69, 9.17) is 0 Å². The second kappa shape index (κ2) is 5.66. The first kappa shape index (κ1) is 19.6. The second-order valence-corrected chi connectivity index (χ2v) is 10.3. The highest BCUT2D eigenvalue weighted by atomic mass is 32.2. The first-order valence-corrected chi connectivity index (χ1v) is 11.8. The van der Waals surface area contributed by atoms with Crippen LogP contribution in [0.4, 0.5) is 0 Å². The molecule has 0 atom stereocenters. The molecule has 0 saturated carbocycles. The molecular formula is C16H8O10S3. The molecule has 0 radical (unpaired) electrons. The Morgan fingerprint density at radius 1 is 0.621 bits per heavy atom. The van der Waals surface area contributed by atoms with Gasteiger partial charge in [0.1, 0.15) is 20.4 Å². The molecule has 0 fully saturated rings. The van der Waals surface area contributed by atoms with Crippen molar-refractivity contribution in [2.75, 3.05) is 0 Å². The number of rotatable bonds is 3. The van der Waals surface area contributed by atoms with Crippen molar-refractivity contribution in [3.05, 3.63) is 34.7 Å². The van der Waals surface area contributed by atoms with E-state index in [2.05, 4.69) is 11.5 Å². The minimum absolute atomic E-state index is 0.153. The third-order valence-corrected chi connectivity index (χ3v) is 7.08. The first-order chi connectivity index (χ1) is 13.2. The minimum atomic E-state index is -5.02.